The van der Waals surface area contributed by atoms with E-state index in [1.807, 2.05) is 24.4 Å². The first-order chi connectivity index (χ1) is 9.29. The quantitative estimate of drug-likeness (QED) is 0.784. The van der Waals surface area contributed by atoms with Gasteiger partial charge < -0.3 is 0 Å². The van der Waals surface area contributed by atoms with Crippen LogP contribution in [-0.4, -0.2) is 15.4 Å². The van der Waals surface area contributed by atoms with Gasteiger partial charge in [-0.3, -0.25) is 4.79 Å². The topological polar surface area (TPSA) is 34.4 Å². The lowest BCUT2D eigenvalue weighted by Gasteiger charge is -2.27. The Morgan fingerprint density at radius 1 is 1.42 bits per heavy atom. The summed E-state index contributed by atoms with van der Waals surface area (Å²) in [6.07, 6.45) is 9.38. The molecule has 0 aliphatic heterocycles. The number of carbonyl (C=O) groups is 1. The van der Waals surface area contributed by atoms with Crippen LogP contribution in [0, 0.1) is 11.8 Å². The summed E-state index contributed by atoms with van der Waals surface area (Å²) in [7, 11) is 0. The fourth-order valence-electron chi connectivity index (χ4n) is 3.24. The highest BCUT2D eigenvalue weighted by Crippen LogP contribution is 2.33. The molecule has 19 heavy (non-hydrogen) atoms. The molecule has 0 radical (unpaired) electrons. The fraction of sp³-hybridized carbons (Fsp3) is 0.500. The van der Waals surface area contributed by atoms with Crippen LogP contribution in [0.15, 0.2) is 30.6 Å². The van der Waals surface area contributed by atoms with Crippen molar-refractivity contribution in [3.05, 3.63) is 36.2 Å². The average Bonchev–Trinajstić information content (AvgIpc) is 2.90. The zero-order valence-corrected chi connectivity index (χ0v) is 11.4. The lowest BCUT2D eigenvalue weighted by atomic mass is 9.77. The van der Waals surface area contributed by atoms with Gasteiger partial charge >= 0.3 is 0 Å². The van der Waals surface area contributed by atoms with Crippen LogP contribution in [0.4, 0.5) is 0 Å². The van der Waals surface area contributed by atoms with Crippen LogP contribution in [-0.2, 0) is 0 Å². The summed E-state index contributed by atoms with van der Waals surface area (Å²) in [5, 5.41) is 4.27. The smallest absolute Gasteiger partial charge is 0.169 e. The number of nitrogens with zero attached hydrogens (tertiary/aromatic N) is 2. The second-order valence-corrected chi connectivity index (χ2v) is 5.59. The van der Waals surface area contributed by atoms with Crippen LogP contribution in [0.1, 0.15) is 49.4 Å². The molecule has 100 valence electrons. The number of hydrogen-bond donors (Lipinski definition) is 0. The summed E-state index contributed by atoms with van der Waals surface area (Å²) >= 11 is 0. The van der Waals surface area contributed by atoms with Crippen LogP contribution >= 0.6 is 0 Å². The molecular weight excluding hydrogens is 236 g/mol. The molecule has 1 saturated carbocycles. The molecule has 3 nitrogen and oxygen atoms in total. The third kappa shape index (κ3) is 2.29. The largest absolute Gasteiger partial charge is 0.294 e. The molecule has 1 fully saturated rings. The molecule has 0 saturated heterocycles. The van der Waals surface area contributed by atoms with Crippen LogP contribution in [0.2, 0.25) is 0 Å². The van der Waals surface area contributed by atoms with Crippen LogP contribution < -0.4 is 0 Å². The highest BCUT2D eigenvalue weighted by molar-refractivity contribution is 6.03. The second-order valence-electron chi connectivity index (χ2n) is 5.59. The van der Waals surface area contributed by atoms with Gasteiger partial charge in [-0.1, -0.05) is 32.3 Å². The van der Waals surface area contributed by atoms with E-state index in [1.54, 1.807) is 10.7 Å². The molecule has 3 rings (SSSR count). The number of fused-ring (bicyclic) bond motifs is 1. The zero-order chi connectivity index (χ0) is 13.2. The van der Waals surface area contributed by atoms with Gasteiger partial charge in [-0.15, -0.1) is 0 Å². The molecule has 2 atom stereocenters. The maximum absolute atomic E-state index is 12.7. The Morgan fingerprint density at radius 2 is 2.32 bits per heavy atom. The maximum atomic E-state index is 12.7. The van der Waals surface area contributed by atoms with Crippen molar-refractivity contribution in [1.82, 2.24) is 9.61 Å². The summed E-state index contributed by atoms with van der Waals surface area (Å²) in [5.74, 6) is 1.22. The van der Waals surface area contributed by atoms with Crippen LogP contribution in [0.3, 0.4) is 0 Å². The molecule has 0 amide bonds. The molecule has 1 aliphatic carbocycles. The summed E-state index contributed by atoms with van der Waals surface area (Å²) < 4.78 is 1.79. The number of carbonyl (C=O) groups excluding carboxylic acids is 1. The van der Waals surface area contributed by atoms with E-state index in [9.17, 15) is 4.79 Å². The average molecular weight is 256 g/mol. The maximum Gasteiger partial charge on any atom is 0.169 e. The molecule has 0 aromatic carbocycles. The Balaban J connectivity index is 1.87. The minimum absolute atomic E-state index is 0.201. The van der Waals surface area contributed by atoms with Gasteiger partial charge in [0.15, 0.2) is 5.78 Å². The van der Waals surface area contributed by atoms with Gasteiger partial charge in [-0.05, 0) is 30.9 Å². The Labute approximate surface area is 113 Å². The second kappa shape index (κ2) is 5.16. The Hall–Kier alpha value is -1.64. The first kappa shape index (κ1) is 12.4. The molecule has 2 aromatic heterocycles. The minimum Gasteiger partial charge on any atom is -0.294 e. The van der Waals surface area contributed by atoms with Crippen molar-refractivity contribution in [2.45, 2.75) is 39.0 Å². The van der Waals surface area contributed by atoms with E-state index in [1.165, 1.54) is 19.3 Å². The van der Waals surface area contributed by atoms with E-state index in [-0.39, 0.29) is 5.92 Å². The Bertz CT molecular complexity index is 587. The normalized spacial score (nSPS) is 23.6. The molecule has 2 aromatic rings. The Kier molecular flexibility index (Phi) is 3.36. The fourth-order valence-corrected chi connectivity index (χ4v) is 3.24. The SMILES string of the molecule is CCC1CCCC(C(=O)c2cnn3ccccc23)C1. The lowest BCUT2D eigenvalue weighted by molar-refractivity contribution is 0.0863. The number of hydrogen-bond acceptors (Lipinski definition) is 2. The van der Waals surface area contributed by atoms with Gasteiger partial charge in [0.2, 0.25) is 0 Å². The third-order valence-corrected chi connectivity index (χ3v) is 4.42. The van der Waals surface area contributed by atoms with Crippen molar-refractivity contribution in [1.29, 1.82) is 0 Å². The van der Waals surface area contributed by atoms with E-state index < -0.39 is 0 Å². The van der Waals surface area contributed by atoms with Crippen LogP contribution in [0.5, 0.6) is 0 Å². The Morgan fingerprint density at radius 3 is 3.16 bits per heavy atom. The summed E-state index contributed by atoms with van der Waals surface area (Å²) in [6.45, 7) is 2.23. The van der Waals surface area contributed by atoms with E-state index in [0.717, 1.165) is 29.8 Å². The van der Waals surface area contributed by atoms with Crippen molar-refractivity contribution in [2.24, 2.45) is 11.8 Å². The van der Waals surface area contributed by atoms with E-state index in [4.69, 9.17) is 0 Å². The van der Waals surface area contributed by atoms with Crippen molar-refractivity contribution < 1.29 is 4.79 Å². The predicted octanol–water partition coefficient (Wildman–Crippen LogP) is 3.73. The highest BCUT2D eigenvalue weighted by Gasteiger charge is 2.28. The molecule has 0 N–H and O–H groups in total. The first-order valence-corrected chi connectivity index (χ1v) is 7.26. The minimum atomic E-state index is 0.201. The third-order valence-electron chi connectivity index (χ3n) is 4.42. The van der Waals surface area contributed by atoms with Gasteiger partial charge in [-0.25, -0.2) is 4.52 Å². The van der Waals surface area contributed by atoms with Crippen molar-refractivity contribution >= 4 is 11.3 Å². The van der Waals surface area contributed by atoms with Crippen molar-refractivity contribution in [2.75, 3.05) is 0 Å². The van der Waals surface area contributed by atoms with Gasteiger partial charge in [0.1, 0.15) is 0 Å². The van der Waals surface area contributed by atoms with Gasteiger partial charge in [0, 0.05) is 12.1 Å². The lowest BCUT2D eigenvalue weighted by Crippen LogP contribution is -2.22. The highest BCUT2D eigenvalue weighted by atomic mass is 16.1. The molecule has 3 heteroatoms. The summed E-state index contributed by atoms with van der Waals surface area (Å²) in [6, 6.07) is 5.87. The molecule has 2 heterocycles. The van der Waals surface area contributed by atoms with Gasteiger partial charge in [0.05, 0.1) is 17.3 Å². The number of aromatic nitrogens is 2. The molecule has 2 unspecified atom stereocenters. The number of ketones is 1. The van der Waals surface area contributed by atoms with Crippen LogP contribution in [0.25, 0.3) is 5.52 Å². The van der Waals surface area contributed by atoms with E-state index >= 15 is 0 Å². The molecular formula is C16H20N2O. The van der Waals surface area contributed by atoms with Gasteiger partial charge in [0.25, 0.3) is 0 Å². The predicted molar refractivity (Wildman–Crippen MR) is 75.3 cm³/mol. The summed E-state index contributed by atoms with van der Waals surface area (Å²) in [5.41, 5.74) is 1.73. The number of Topliss-reactive ketones (excluding diaryl/α,β-unsaturated/α-hetero) is 1. The van der Waals surface area contributed by atoms with Crippen molar-refractivity contribution in [3.8, 4) is 0 Å². The molecule has 0 spiro atoms. The summed E-state index contributed by atoms with van der Waals surface area (Å²) in [4.78, 5) is 12.7. The molecule has 1 aliphatic rings. The van der Waals surface area contributed by atoms with E-state index in [2.05, 4.69) is 12.0 Å². The monoisotopic (exact) mass is 256 g/mol. The van der Waals surface area contributed by atoms with Crippen molar-refractivity contribution in [3.63, 3.8) is 0 Å². The molecule has 0 bridgehead atoms. The standard InChI is InChI=1S/C16H20N2O/c1-2-12-6-5-7-13(10-12)16(19)14-11-17-18-9-4-3-8-15(14)18/h3-4,8-9,11-13H,2,5-7,10H2,1H3. The number of pyridine rings is 1. The zero-order valence-electron chi connectivity index (χ0n) is 11.4. The number of rotatable bonds is 3. The first-order valence-electron chi connectivity index (χ1n) is 7.26. The van der Waals surface area contributed by atoms with Gasteiger partial charge in [-0.2, -0.15) is 5.10 Å². The van der Waals surface area contributed by atoms with E-state index in [0.29, 0.717) is 5.78 Å².